The van der Waals surface area contributed by atoms with Crippen molar-refractivity contribution in [3.63, 3.8) is 0 Å². The minimum absolute atomic E-state index is 0.0263. The molecule has 38 heavy (non-hydrogen) atoms. The van der Waals surface area contributed by atoms with Gasteiger partial charge in [0, 0.05) is 12.6 Å². The molecule has 1 aromatic heterocycles. The zero-order chi connectivity index (χ0) is 27.4. The number of aliphatic hydroxyl groups excluding tert-OH is 1. The number of nitrogens with one attached hydrogen (secondary N) is 1. The van der Waals surface area contributed by atoms with Gasteiger partial charge in [0.2, 0.25) is 11.8 Å². The lowest BCUT2D eigenvalue weighted by molar-refractivity contribution is -0.142. The Bertz CT molecular complexity index is 987. The van der Waals surface area contributed by atoms with E-state index in [0.29, 0.717) is 37.9 Å². The summed E-state index contributed by atoms with van der Waals surface area (Å²) in [5, 5.41) is 13.4. The number of hydrogen-bond donors (Lipinski definition) is 3. The molecule has 1 aliphatic heterocycles. The van der Waals surface area contributed by atoms with E-state index in [2.05, 4.69) is 15.3 Å². The van der Waals surface area contributed by atoms with Gasteiger partial charge in [-0.1, -0.05) is 18.2 Å². The maximum atomic E-state index is 13.4. The minimum Gasteiger partial charge on any atom is -0.491 e. The topological polar surface area (TPSA) is 147 Å². The van der Waals surface area contributed by atoms with E-state index in [1.54, 1.807) is 24.3 Å². The highest BCUT2D eigenvalue weighted by Gasteiger charge is 2.41. The van der Waals surface area contributed by atoms with E-state index in [4.69, 9.17) is 29.4 Å². The highest BCUT2D eigenvalue weighted by atomic mass is 19.4. The van der Waals surface area contributed by atoms with Crippen molar-refractivity contribution in [1.29, 1.82) is 0 Å². The minimum atomic E-state index is -4.78. The van der Waals surface area contributed by atoms with Crippen LogP contribution in [0.3, 0.4) is 0 Å². The summed E-state index contributed by atoms with van der Waals surface area (Å²) in [5.41, 5.74) is 4.06. The van der Waals surface area contributed by atoms with Crippen molar-refractivity contribution in [2.24, 2.45) is 11.7 Å². The fraction of sp³-hybridized carbons (Fsp3) is 0.542. The van der Waals surface area contributed by atoms with Gasteiger partial charge in [0.25, 0.3) is 0 Å². The third-order valence-corrected chi connectivity index (χ3v) is 5.46. The predicted octanol–water partition coefficient (Wildman–Crippen LogP) is 1.30. The van der Waals surface area contributed by atoms with Crippen molar-refractivity contribution in [2.45, 2.75) is 24.4 Å². The summed E-state index contributed by atoms with van der Waals surface area (Å²) in [6, 6.07) is 8.60. The standard InChI is InChI=1S/C24H31F3N4O7/c25-24(26,27)20-12-21(36-11-10-35-9-8-34-7-6-28)31-23(30-20)29-18-14-38-19(22(33)17(18)13-32)15-37-16-4-2-1-3-5-16/h1-5,12-13,17-19,22,33H,6-11,14-15,28H2,(H,29,30,31)/t17-,18+,19-,22-/m1/s1. The molecule has 210 valence electrons. The molecule has 1 fully saturated rings. The Labute approximate surface area is 217 Å². The van der Waals surface area contributed by atoms with Crippen LogP contribution in [0.15, 0.2) is 36.4 Å². The van der Waals surface area contributed by atoms with Gasteiger partial charge in [-0.05, 0) is 12.1 Å². The molecular formula is C24H31F3N4O7. The summed E-state index contributed by atoms with van der Waals surface area (Å²) in [4.78, 5) is 19.3. The molecule has 0 radical (unpaired) electrons. The summed E-state index contributed by atoms with van der Waals surface area (Å²) in [6.07, 6.45) is -6.37. The smallest absolute Gasteiger partial charge is 0.433 e. The third-order valence-electron chi connectivity index (χ3n) is 5.46. The average molecular weight is 545 g/mol. The molecule has 4 atom stereocenters. The first-order valence-electron chi connectivity index (χ1n) is 12.0. The Morgan fingerprint density at radius 2 is 1.79 bits per heavy atom. The zero-order valence-corrected chi connectivity index (χ0v) is 20.5. The number of alkyl halides is 3. The number of rotatable bonds is 15. The summed E-state index contributed by atoms with van der Waals surface area (Å²) in [7, 11) is 0. The van der Waals surface area contributed by atoms with Gasteiger partial charge in [0.15, 0.2) is 5.69 Å². The van der Waals surface area contributed by atoms with Crippen LogP contribution in [-0.4, -0.2) is 92.4 Å². The van der Waals surface area contributed by atoms with Crippen LogP contribution >= 0.6 is 0 Å². The number of aldehydes is 1. The largest absolute Gasteiger partial charge is 0.491 e. The number of ether oxygens (including phenoxy) is 5. The number of nitrogens with zero attached hydrogens (tertiary/aromatic N) is 2. The van der Waals surface area contributed by atoms with Crippen LogP contribution in [0.25, 0.3) is 0 Å². The Morgan fingerprint density at radius 3 is 2.47 bits per heavy atom. The van der Waals surface area contributed by atoms with Crippen molar-refractivity contribution < 1.29 is 46.8 Å². The van der Waals surface area contributed by atoms with Crippen LogP contribution in [0, 0.1) is 5.92 Å². The molecule has 3 rings (SSSR count). The van der Waals surface area contributed by atoms with Gasteiger partial charge in [0.05, 0.1) is 51.1 Å². The number of hydrogen-bond acceptors (Lipinski definition) is 11. The van der Waals surface area contributed by atoms with E-state index in [0.717, 1.165) is 0 Å². The lowest BCUT2D eigenvalue weighted by Gasteiger charge is -2.38. The second-order valence-electron chi connectivity index (χ2n) is 8.23. The zero-order valence-electron chi connectivity index (χ0n) is 20.5. The molecule has 4 N–H and O–H groups in total. The van der Waals surface area contributed by atoms with Crippen LogP contribution < -0.4 is 20.5 Å². The number of benzene rings is 1. The van der Waals surface area contributed by atoms with Gasteiger partial charge in [0.1, 0.15) is 31.4 Å². The highest BCUT2D eigenvalue weighted by Crippen LogP contribution is 2.31. The molecule has 2 aromatic rings. The number of carbonyl (C=O) groups is 1. The molecule has 0 amide bonds. The second-order valence-corrected chi connectivity index (χ2v) is 8.23. The lowest BCUT2D eigenvalue weighted by atomic mass is 9.89. The number of aliphatic hydroxyl groups is 1. The van der Waals surface area contributed by atoms with Crippen LogP contribution in [0.1, 0.15) is 5.69 Å². The van der Waals surface area contributed by atoms with Crippen molar-refractivity contribution in [1.82, 2.24) is 9.97 Å². The number of carbonyl (C=O) groups excluding carboxylic acids is 1. The van der Waals surface area contributed by atoms with E-state index < -0.39 is 42.0 Å². The predicted molar refractivity (Wildman–Crippen MR) is 128 cm³/mol. The van der Waals surface area contributed by atoms with Crippen LogP contribution in [0.4, 0.5) is 19.1 Å². The van der Waals surface area contributed by atoms with Gasteiger partial charge in [-0.2, -0.15) is 18.2 Å². The first-order chi connectivity index (χ1) is 18.3. The molecular weight excluding hydrogens is 513 g/mol. The van der Waals surface area contributed by atoms with Gasteiger partial charge in [-0.25, -0.2) is 4.98 Å². The molecule has 0 aliphatic carbocycles. The second kappa shape index (κ2) is 14.8. The molecule has 0 unspecified atom stereocenters. The Morgan fingerprint density at radius 1 is 1.08 bits per heavy atom. The Hall–Kier alpha value is -3.04. The van der Waals surface area contributed by atoms with Crippen LogP contribution in [-0.2, 0) is 25.2 Å². The maximum Gasteiger partial charge on any atom is 0.433 e. The third kappa shape index (κ3) is 9.06. The first-order valence-corrected chi connectivity index (χ1v) is 12.0. The average Bonchev–Trinajstić information content (AvgIpc) is 2.90. The van der Waals surface area contributed by atoms with Crippen molar-refractivity contribution >= 4 is 12.2 Å². The summed E-state index contributed by atoms with van der Waals surface area (Å²) in [5.74, 6) is -1.24. The molecule has 0 bridgehead atoms. The van der Waals surface area contributed by atoms with E-state index in [9.17, 15) is 23.1 Å². The fourth-order valence-electron chi connectivity index (χ4n) is 3.56. The maximum absolute atomic E-state index is 13.4. The molecule has 2 heterocycles. The molecule has 0 saturated carbocycles. The summed E-state index contributed by atoms with van der Waals surface area (Å²) >= 11 is 0. The molecule has 1 aliphatic rings. The van der Waals surface area contributed by atoms with Crippen LogP contribution in [0.2, 0.25) is 0 Å². The van der Waals surface area contributed by atoms with Crippen LogP contribution in [0.5, 0.6) is 11.6 Å². The van der Waals surface area contributed by atoms with Crippen molar-refractivity contribution in [2.75, 3.05) is 58.1 Å². The normalized spacial score (nSPS) is 21.6. The first kappa shape index (κ1) is 29.5. The van der Waals surface area contributed by atoms with Crippen molar-refractivity contribution in [3.8, 4) is 11.6 Å². The fourth-order valence-corrected chi connectivity index (χ4v) is 3.56. The molecule has 11 nitrogen and oxygen atoms in total. The quantitative estimate of drug-likeness (QED) is 0.220. The monoisotopic (exact) mass is 544 g/mol. The lowest BCUT2D eigenvalue weighted by Crippen LogP contribution is -2.54. The summed E-state index contributed by atoms with van der Waals surface area (Å²) < 4.78 is 67.3. The number of halogens is 3. The molecule has 0 spiro atoms. The van der Waals surface area contributed by atoms with Gasteiger partial charge in [-0.15, -0.1) is 0 Å². The Balaban J connectivity index is 1.59. The van der Waals surface area contributed by atoms with E-state index >= 15 is 0 Å². The van der Waals surface area contributed by atoms with E-state index in [1.807, 2.05) is 6.07 Å². The molecule has 14 heteroatoms. The van der Waals surface area contributed by atoms with E-state index in [-0.39, 0.29) is 38.9 Å². The van der Waals surface area contributed by atoms with Gasteiger partial charge < -0.3 is 44.6 Å². The molecule has 1 aromatic carbocycles. The number of para-hydroxylation sites is 1. The van der Waals surface area contributed by atoms with Gasteiger partial charge in [-0.3, -0.25) is 0 Å². The van der Waals surface area contributed by atoms with Gasteiger partial charge >= 0.3 is 6.18 Å². The Kier molecular flexibility index (Phi) is 11.5. The van der Waals surface area contributed by atoms with E-state index in [1.165, 1.54) is 0 Å². The summed E-state index contributed by atoms with van der Waals surface area (Å²) in [6.45, 7) is 1.25. The van der Waals surface area contributed by atoms with Crippen molar-refractivity contribution in [3.05, 3.63) is 42.1 Å². The number of nitrogens with two attached hydrogens (primary N) is 1. The SMILES string of the molecule is NCCOCCOCCOc1cc(C(F)(F)F)nc(N[C@H]2CO[C@H](COc3ccccc3)[C@H](O)[C@@H]2C=O)n1. The number of anilines is 1. The number of aromatic nitrogens is 2. The highest BCUT2D eigenvalue weighted by molar-refractivity contribution is 5.58. The molecule has 1 saturated heterocycles.